The van der Waals surface area contributed by atoms with Gasteiger partial charge in [0.1, 0.15) is 5.69 Å². The van der Waals surface area contributed by atoms with Gasteiger partial charge in [-0.1, -0.05) is 30.3 Å². The lowest BCUT2D eigenvalue weighted by molar-refractivity contribution is -0.384. The minimum Gasteiger partial charge on any atom is -0.321 e. The molecule has 2 aromatic carbocycles. The fourth-order valence-corrected chi connectivity index (χ4v) is 2.30. The van der Waals surface area contributed by atoms with E-state index in [9.17, 15) is 19.7 Å². The SMILES string of the molecule is O=C(Nc1ccccc1)c1ccc(=O)n(Cc2ccc([N+](=O)[O-])cc2)n1. The van der Waals surface area contributed by atoms with E-state index in [1.165, 1.54) is 24.3 Å². The molecule has 3 aromatic rings. The van der Waals surface area contributed by atoms with Gasteiger partial charge in [-0.15, -0.1) is 0 Å². The van der Waals surface area contributed by atoms with Crippen molar-refractivity contribution >= 4 is 17.3 Å². The van der Waals surface area contributed by atoms with Crippen LogP contribution in [0.4, 0.5) is 11.4 Å². The molecule has 0 unspecified atom stereocenters. The zero-order valence-corrected chi connectivity index (χ0v) is 13.5. The van der Waals surface area contributed by atoms with Gasteiger partial charge in [0, 0.05) is 23.9 Å². The van der Waals surface area contributed by atoms with Crippen molar-refractivity contribution in [1.82, 2.24) is 9.78 Å². The van der Waals surface area contributed by atoms with E-state index in [4.69, 9.17) is 0 Å². The van der Waals surface area contributed by atoms with Crippen LogP contribution in [0.3, 0.4) is 0 Å². The molecule has 0 spiro atoms. The Morgan fingerprint density at radius 1 is 1.04 bits per heavy atom. The summed E-state index contributed by atoms with van der Waals surface area (Å²) in [5.41, 5.74) is 0.957. The molecule has 0 fully saturated rings. The summed E-state index contributed by atoms with van der Waals surface area (Å²) in [5.74, 6) is -0.436. The number of hydrogen-bond donors (Lipinski definition) is 1. The van der Waals surface area contributed by atoms with Crippen molar-refractivity contribution < 1.29 is 9.72 Å². The highest BCUT2D eigenvalue weighted by atomic mass is 16.6. The first-order chi connectivity index (χ1) is 12.5. The van der Waals surface area contributed by atoms with Crippen LogP contribution in [0.2, 0.25) is 0 Å². The summed E-state index contributed by atoms with van der Waals surface area (Å²) in [6.07, 6.45) is 0. The maximum Gasteiger partial charge on any atom is 0.276 e. The van der Waals surface area contributed by atoms with Crippen LogP contribution in [-0.2, 0) is 6.54 Å². The Kier molecular flexibility index (Phi) is 4.84. The molecule has 8 heteroatoms. The highest BCUT2D eigenvalue weighted by molar-refractivity contribution is 6.02. The summed E-state index contributed by atoms with van der Waals surface area (Å²) >= 11 is 0. The number of rotatable bonds is 5. The number of nitro benzene ring substituents is 1. The zero-order valence-electron chi connectivity index (χ0n) is 13.5. The average molecular weight is 350 g/mol. The minimum absolute atomic E-state index is 0.0370. The number of nitrogens with zero attached hydrogens (tertiary/aromatic N) is 3. The topological polar surface area (TPSA) is 107 Å². The molecule has 1 heterocycles. The van der Waals surface area contributed by atoms with Gasteiger partial charge in [0.25, 0.3) is 17.2 Å². The van der Waals surface area contributed by atoms with Crippen molar-refractivity contribution in [3.63, 3.8) is 0 Å². The smallest absolute Gasteiger partial charge is 0.276 e. The highest BCUT2D eigenvalue weighted by Crippen LogP contribution is 2.12. The molecule has 3 rings (SSSR count). The lowest BCUT2D eigenvalue weighted by Gasteiger charge is -2.08. The Balaban J connectivity index is 1.80. The first kappa shape index (κ1) is 17.0. The Labute approximate surface area is 147 Å². The van der Waals surface area contributed by atoms with Crippen molar-refractivity contribution in [3.8, 4) is 0 Å². The molecule has 130 valence electrons. The Bertz CT molecular complexity index is 998. The number of non-ortho nitro benzene ring substituents is 1. The molecule has 0 aliphatic rings. The van der Waals surface area contributed by atoms with E-state index in [-0.39, 0.29) is 23.5 Å². The van der Waals surface area contributed by atoms with Gasteiger partial charge < -0.3 is 5.32 Å². The molecule has 0 aliphatic carbocycles. The van der Waals surface area contributed by atoms with E-state index in [1.54, 1.807) is 36.4 Å². The van der Waals surface area contributed by atoms with E-state index >= 15 is 0 Å². The normalized spacial score (nSPS) is 10.3. The molecule has 26 heavy (non-hydrogen) atoms. The number of aromatic nitrogens is 2. The molecule has 0 aliphatic heterocycles. The van der Waals surface area contributed by atoms with Crippen molar-refractivity contribution in [2.75, 3.05) is 5.32 Å². The Hall–Kier alpha value is -3.81. The third kappa shape index (κ3) is 3.99. The van der Waals surface area contributed by atoms with E-state index in [0.717, 1.165) is 4.68 Å². The summed E-state index contributed by atoms with van der Waals surface area (Å²) in [6.45, 7) is 0.100. The highest BCUT2D eigenvalue weighted by Gasteiger charge is 2.11. The van der Waals surface area contributed by atoms with Crippen LogP contribution >= 0.6 is 0 Å². The van der Waals surface area contributed by atoms with Crippen LogP contribution in [0.5, 0.6) is 0 Å². The second-order valence-corrected chi connectivity index (χ2v) is 5.46. The van der Waals surface area contributed by atoms with Crippen LogP contribution in [0.25, 0.3) is 0 Å². The van der Waals surface area contributed by atoms with Crippen molar-refractivity contribution in [2.24, 2.45) is 0 Å². The quantitative estimate of drug-likeness (QED) is 0.562. The fourth-order valence-electron chi connectivity index (χ4n) is 2.30. The summed E-state index contributed by atoms with van der Waals surface area (Å²) in [7, 11) is 0. The second-order valence-electron chi connectivity index (χ2n) is 5.46. The molecule has 0 saturated carbocycles. The third-order valence-corrected chi connectivity index (χ3v) is 3.61. The molecule has 8 nitrogen and oxygen atoms in total. The van der Waals surface area contributed by atoms with E-state index in [1.807, 2.05) is 6.07 Å². The maximum absolute atomic E-state index is 12.3. The molecule has 0 saturated heterocycles. The Morgan fingerprint density at radius 3 is 2.38 bits per heavy atom. The van der Waals surface area contributed by atoms with Crippen LogP contribution in [0.15, 0.2) is 71.5 Å². The summed E-state index contributed by atoms with van der Waals surface area (Å²) in [6, 6.07) is 17.3. The molecule has 0 radical (unpaired) electrons. The summed E-state index contributed by atoms with van der Waals surface area (Å²) < 4.78 is 1.14. The van der Waals surface area contributed by atoms with Gasteiger partial charge in [0.2, 0.25) is 0 Å². The maximum atomic E-state index is 12.3. The first-order valence-electron chi connectivity index (χ1n) is 7.71. The molecule has 0 bridgehead atoms. The van der Waals surface area contributed by atoms with Crippen LogP contribution in [0.1, 0.15) is 16.1 Å². The lowest BCUT2D eigenvalue weighted by Crippen LogP contribution is -2.26. The van der Waals surface area contributed by atoms with Crippen molar-refractivity contribution in [3.05, 3.63) is 98.5 Å². The van der Waals surface area contributed by atoms with E-state index in [0.29, 0.717) is 11.3 Å². The van der Waals surface area contributed by atoms with Gasteiger partial charge in [-0.2, -0.15) is 5.10 Å². The number of nitro groups is 1. The molecule has 1 aromatic heterocycles. The van der Waals surface area contributed by atoms with E-state index < -0.39 is 10.8 Å². The monoisotopic (exact) mass is 350 g/mol. The largest absolute Gasteiger partial charge is 0.321 e. The van der Waals surface area contributed by atoms with Gasteiger partial charge in [-0.3, -0.25) is 19.7 Å². The first-order valence-corrected chi connectivity index (χ1v) is 7.71. The fraction of sp³-hybridized carbons (Fsp3) is 0.0556. The van der Waals surface area contributed by atoms with Gasteiger partial charge in [-0.05, 0) is 23.8 Å². The molecule has 0 atom stereocenters. The predicted octanol–water partition coefficient (Wildman–Crippen LogP) is 2.45. The molecular weight excluding hydrogens is 336 g/mol. The number of nitrogens with one attached hydrogen (secondary N) is 1. The van der Waals surface area contributed by atoms with Gasteiger partial charge in [0.15, 0.2) is 0 Å². The van der Waals surface area contributed by atoms with Crippen LogP contribution in [0, 0.1) is 10.1 Å². The lowest BCUT2D eigenvalue weighted by atomic mass is 10.2. The predicted molar refractivity (Wildman–Crippen MR) is 95.1 cm³/mol. The minimum atomic E-state index is -0.497. The van der Waals surface area contributed by atoms with Crippen LogP contribution in [-0.4, -0.2) is 20.6 Å². The second kappa shape index (κ2) is 7.39. The van der Waals surface area contributed by atoms with Gasteiger partial charge >= 0.3 is 0 Å². The number of hydrogen-bond acceptors (Lipinski definition) is 5. The Morgan fingerprint density at radius 2 is 1.73 bits per heavy atom. The zero-order chi connectivity index (χ0) is 18.5. The number of para-hydroxylation sites is 1. The number of carbonyl (C=O) groups is 1. The van der Waals surface area contributed by atoms with Crippen LogP contribution < -0.4 is 10.9 Å². The molecule has 1 N–H and O–H groups in total. The molecular formula is C18H14N4O4. The third-order valence-electron chi connectivity index (χ3n) is 3.61. The van der Waals surface area contributed by atoms with Crippen molar-refractivity contribution in [1.29, 1.82) is 0 Å². The summed E-state index contributed by atoms with van der Waals surface area (Å²) in [5, 5.41) is 17.5. The van der Waals surface area contributed by atoms with E-state index in [2.05, 4.69) is 10.4 Å². The van der Waals surface area contributed by atoms with Crippen molar-refractivity contribution in [2.45, 2.75) is 6.54 Å². The number of benzene rings is 2. The standard InChI is InChI=1S/C18H14N4O4/c23-17-11-10-16(18(24)19-14-4-2-1-3-5-14)20-21(17)12-13-6-8-15(9-7-13)22(25)26/h1-11H,12H2,(H,19,24). The molecule has 1 amide bonds. The van der Waals surface area contributed by atoms with Gasteiger partial charge in [-0.25, -0.2) is 4.68 Å². The number of carbonyl (C=O) groups excluding carboxylic acids is 1. The number of anilines is 1. The summed E-state index contributed by atoms with van der Waals surface area (Å²) in [4.78, 5) is 34.5. The number of amides is 1. The van der Waals surface area contributed by atoms with Gasteiger partial charge in [0.05, 0.1) is 11.5 Å². The average Bonchev–Trinajstić information content (AvgIpc) is 2.64.